The topological polar surface area (TPSA) is 98.3 Å². The van der Waals surface area contributed by atoms with Crippen LogP contribution in [0.25, 0.3) is 10.9 Å². The Balaban J connectivity index is 1.78. The molecule has 0 aliphatic carbocycles. The fraction of sp³-hybridized carbons (Fsp3) is 0.500. The smallest absolute Gasteiger partial charge is 0.262 e. The summed E-state index contributed by atoms with van der Waals surface area (Å²) in [6.07, 6.45) is 3.34. The number of nitrogens with two attached hydrogens (primary N) is 1. The molecule has 2 N–H and O–H groups in total. The normalized spacial score (nSPS) is 17.0. The summed E-state index contributed by atoms with van der Waals surface area (Å²) in [5, 5.41) is 1.16. The van der Waals surface area contributed by atoms with Crippen LogP contribution in [-0.2, 0) is 16.1 Å². The molecule has 1 saturated heterocycles. The largest absolute Gasteiger partial charge is 0.369 e. The minimum absolute atomic E-state index is 0.0552. The molecule has 0 spiro atoms. The molecule has 28 heavy (non-hydrogen) atoms. The summed E-state index contributed by atoms with van der Waals surface area (Å²) < 4.78 is 1.67. The third-order valence-electron chi connectivity index (χ3n) is 5.06. The summed E-state index contributed by atoms with van der Waals surface area (Å²) in [5.41, 5.74) is 5.97. The van der Waals surface area contributed by atoms with E-state index < -0.39 is 0 Å². The van der Waals surface area contributed by atoms with Crippen LogP contribution in [0.3, 0.4) is 0 Å². The Kier molecular flexibility index (Phi) is 6.72. The SMILES string of the molecule is CCCCn1c(SCC(=O)N2CCC[C@H](C(N)=O)C2)nc2ccccc2c1=O. The van der Waals surface area contributed by atoms with Crippen molar-refractivity contribution in [3.63, 3.8) is 0 Å². The second-order valence-electron chi connectivity index (χ2n) is 7.09. The molecule has 1 aromatic carbocycles. The Morgan fingerprint density at radius 2 is 2.11 bits per heavy atom. The summed E-state index contributed by atoms with van der Waals surface area (Å²) in [7, 11) is 0. The molecule has 1 aliphatic heterocycles. The van der Waals surface area contributed by atoms with Gasteiger partial charge in [-0.05, 0) is 31.4 Å². The minimum atomic E-state index is -0.352. The van der Waals surface area contributed by atoms with Gasteiger partial charge < -0.3 is 10.6 Å². The third-order valence-corrected chi connectivity index (χ3v) is 6.02. The molecule has 2 heterocycles. The Hall–Kier alpha value is -2.35. The number of carbonyl (C=O) groups is 2. The number of benzene rings is 1. The summed E-state index contributed by atoms with van der Waals surface area (Å²) in [5.74, 6) is -0.498. The first-order valence-electron chi connectivity index (χ1n) is 9.70. The maximum atomic E-state index is 12.9. The highest BCUT2D eigenvalue weighted by Crippen LogP contribution is 2.21. The van der Waals surface area contributed by atoms with E-state index in [9.17, 15) is 14.4 Å². The number of carbonyl (C=O) groups excluding carboxylic acids is 2. The second kappa shape index (κ2) is 9.23. The lowest BCUT2D eigenvalue weighted by Crippen LogP contribution is -2.44. The van der Waals surface area contributed by atoms with E-state index in [1.54, 1.807) is 15.5 Å². The molecule has 7 nitrogen and oxygen atoms in total. The number of aromatic nitrogens is 2. The zero-order valence-electron chi connectivity index (χ0n) is 16.1. The molecule has 2 aromatic rings. The Morgan fingerprint density at radius 3 is 2.86 bits per heavy atom. The minimum Gasteiger partial charge on any atom is -0.369 e. The molecular weight excluding hydrogens is 376 g/mol. The van der Waals surface area contributed by atoms with Crippen molar-refractivity contribution in [1.82, 2.24) is 14.5 Å². The van der Waals surface area contributed by atoms with Gasteiger partial charge in [0.15, 0.2) is 5.16 Å². The van der Waals surface area contributed by atoms with Crippen molar-refractivity contribution in [3.05, 3.63) is 34.6 Å². The van der Waals surface area contributed by atoms with E-state index >= 15 is 0 Å². The highest BCUT2D eigenvalue weighted by Gasteiger charge is 2.27. The summed E-state index contributed by atoms with van der Waals surface area (Å²) in [6.45, 7) is 3.66. The van der Waals surface area contributed by atoms with Crippen LogP contribution < -0.4 is 11.3 Å². The number of likely N-dealkylation sites (tertiary alicyclic amines) is 1. The van der Waals surface area contributed by atoms with Gasteiger partial charge in [-0.3, -0.25) is 19.0 Å². The van der Waals surface area contributed by atoms with Gasteiger partial charge in [0.25, 0.3) is 5.56 Å². The maximum Gasteiger partial charge on any atom is 0.262 e. The molecule has 1 atom stereocenters. The Bertz CT molecular complexity index is 927. The van der Waals surface area contributed by atoms with Crippen molar-refractivity contribution >= 4 is 34.5 Å². The number of rotatable bonds is 7. The average molecular weight is 403 g/mol. The van der Waals surface area contributed by atoms with Gasteiger partial charge in [-0.2, -0.15) is 0 Å². The number of unbranched alkanes of at least 4 members (excludes halogenated alkanes) is 1. The number of nitrogens with zero attached hydrogens (tertiary/aromatic N) is 3. The van der Waals surface area contributed by atoms with E-state index in [1.165, 1.54) is 11.8 Å². The van der Waals surface area contributed by atoms with Gasteiger partial charge in [-0.25, -0.2) is 4.98 Å². The summed E-state index contributed by atoms with van der Waals surface area (Å²) in [4.78, 5) is 43.3. The van der Waals surface area contributed by atoms with Crippen LogP contribution in [0, 0.1) is 5.92 Å². The van der Waals surface area contributed by atoms with E-state index in [2.05, 4.69) is 11.9 Å². The maximum absolute atomic E-state index is 12.9. The lowest BCUT2D eigenvalue weighted by Gasteiger charge is -2.31. The lowest BCUT2D eigenvalue weighted by molar-refractivity contribution is -0.132. The van der Waals surface area contributed by atoms with Crippen LogP contribution in [0.4, 0.5) is 0 Å². The van der Waals surface area contributed by atoms with Crippen LogP contribution in [0.1, 0.15) is 32.6 Å². The number of hydrogen-bond acceptors (Lipinski definition) is 5. The predicted octanol–water partition coefficient (Wildman–Crippen LogP) is 2.01. The molecule has 0 bridgehead atoms. The van der Waals surface area contributed by atoms with Crippen molar-refractivity contribution in [1.29, 1.82) is 0 Å². The second-order valence-corrected chi connectivity index (χ2v) is 8.03. The lowest BCUT2D eigenvalue weighted by atomic mass is 9.97. The molecule has 1 fully saturated rings. The molecule has 0 saturated carbocycles. The van der Waals surface area contributed by atoms with Gasteiger partial charge in [0.05, 0.1) is 22.6 Å². The first-order chi connectivity index (χ1) is 13.5. The first-order valence-corrected chi connectivity index (χ1v) is 10.7. The van der Waals surface area contributed by atoms with Gasteiger partial charge in [-0.15, -0.1) is 0 Å². The predicted molar refractivity (Wildman–Crippen MR) is 110 cm³/mol. The number of amides is 2. The third kappa shape index (κ3) is 4.55. The zero-order valence-corrected chi connectivity index (χ0v) is 16.9. The quantitative estimate of drug-likeness (QED) is 0.564. The number of primary amides is 1. The number of thioether (sulfide) groups is 1. The van der Waals surface area contributed by atoms with Gasteiger partial charge in [-0.1, -0.05) is 37.2 Å². The summed E-state index contributed by atoms with van der Waals surface area (Å²) >= 11 is 1.28. The van der Waals surface area contributed by atoms with Crippen LogP contribution >= 0.6 is 11.8 Å². The van der Waals surface area contributed by atoms with E-state index in [4.69, 9.17) is 5.73 Å². The number of piperidine rings is 1. The summed E-state index contributed by atoms with van der Waals surface area (Å²) in [6, 6.07) is 7.28. The van der Waals surface area contributed by atoms with Crippen molar-refractivity contribution in [2.45, 2.75) is 44.3 Å². The fourth-order valence-electron chi connectivity index (χ4n) is 3.42. The van der Waals surface area contributed by atoms with E-state index in [0.29, 0.717) is 35.7 Å². The molecule has 0 unspecified atom stereocenters. The van der Waals surface area contributed by atoms with Gasteiger partial charge in [0.1, 0.15) is 0 Å². The van der Waals surface area contributed by atoms with Gasteiger partial charge >= 0.3 is 0 Å². The monoisotopic (exact) mass is 402 g/mol. The van der Waals surface area contributed by atoms with Crippen LogP contribution in [0.2, 0.25) is 0 Å². The molecule has 1 aromatic heterocycles. The molecule has 3 rings (SSSR count). The number of fused-ring (bicyclic) bond motifs is 1. The van der Waals surface area contributed by atoms with Crippen LogP contribution in [0.15, 0.2) is 34.2 Å². The van der Waals surface area contributed by atoms with Gasteiger partial charge in [0, 0.05) is 19.6 Å². The molecule has 1 aliphatic rings. The van der Waals surface area contributed by atoms with Crippen molar-refractivity contribution in [3.8, 4) is 0 Å². The van der Waals surface area contributed by atoms with E-state index in [1.807, 2.05) is 18.2 Å². The Morgan fingerprint density at radius 1 is 1.32 bits per heavy atom. The van der Waals surface area contributed by atoms with Gasteiger partial charge in [0.2, 0.25) is 11.8 Å². The number of hydrogen-bond donors (Lipinski definition) is 1. The van der Waals surface area contributed by atoms with Crippen molar-refractivity contribution in [2.24, 2.45) is 11.7 Å². The average Bonchev–Trinajstić information content (AvgIpc) is 2.71. The standard InChI is InChI=1S/C20H26N4O3S/c1-2-3-11-24-19(27)15-8-4-5-9-16(15)22-20(24)28-13-17(25)23-10-6-7-14(12-23)18(21)26/h4-5,8-9,14H,2-3,6-7,10-13H2,1H3,(H2,21,26)/t14-/m0/s1. The van der Waals surface area contributed by atoms with Crippen molar-refractivity contribution in [2.75, 3.05) is 18.8 Å². The zero-order chi connectivity index (χ0) is 20.1. The highest BCUT2D eigenvalue weighted by molar-refractivity contribution is 7.99. The highest BCUT2D eigenvalue weighted by atomic mass is 32.2. The molecule has 0 radical (unpaired) electrons. The molecule has 150 valence electrons. The fourth-order valence-corrected chi connectivity index (χ4v) is 4.35. The first kappa shape index (κ1) is 20.4. The molecule has 2 amide bonds. The van der Waals surface area contributed by atoms with Crippen molar-refractivity contribution < 1.29 is 9.59 Å². The molecule has 8 heteroatoms. The van der Waals surface area contributed by atoms with Crippen LogP contribution in [0.5, 0.6) is 0 Å². The van der Waals surface area contributed by atoms with E-state index in [-0.39, 0.29) is 29.0 Å². The van der Waals surface area contributed by atoms with Crippen LogP contribution in [-0.4, -0.2) is 45.1 Å². The number of para-hydroxylation sites is 1. The molecular formula is C20H26N4O3S. The Labute approximate surface area is 168 Å². The van der Waals surface area contributed by atoms with E-state index in [0.717, 1.165) is 25.7 Å².